The number of halogens is 1. The first kappa shape index (κ1) is 20.0. The van der Waals surface area contributed by atoms with E-state index in [2.05, 4.69) is 15.4 Å². The van der Waals surface area contributed by atoms with E-state index < -0.39 is 0 Å². The van der Waals surface area contributed by atoms with Crippen molar-refractivity contribution in [3.63, 3.8) is 0 Å². The first-order chi connectivity index (χ1) is 13.4. The van der Waals surface area contributed by atoms with Crippen LogP contribution in [-0.2, 0) is 11.3 Å². The van der Waals surface area contributed by atoms with Crippen LogP contribution in [0.5, 0.6) is 5.75 Å². The van der Waals surface area contributed by atoms with Gasteiger partial charge in [0.25, 0.3) is 11.5 Å². The predicted octanol–water partition coefficient (Wildman–Crippen LogP) is 2.83. The molecule has 3 rings (SSSR count). The van der Waals surface area contributed by atoms with Gasteiger partial charge in [-0.2, -0.15) is 5.10 Å². The van der Waals surface area contributed by atoms with Gasteiger partial charge in [-0.25, -0.2) is 9.67 Å². The number of hydrogen-bond acceptors (Lipinski definition) is 6. The third kappa shape index (κ3) is 5.17. The second kappa shape index (κ2) is 8.99. The number of nitrogens with zero attached hydrogens (tertiary/aromatic N) is 3. The lowest BCUT2D eigenvalue weighted by Gasteiger charge is -2.09. The van der Waals surface area contributed by atoms with Gasteiger partial charge in [-0.1, -0.05) is 17.7 Å². The van der Waals surface area contributed by atoms with E-state index >= 15 is 0 Å². The van der Waals surface area contributed by atoms with E-state index in [1.54, 1.807) is 30.3 Å². The van der Waals surface area contributed by atoms with E-state index in [1.807, 2.05) is 13.8 Å². The Bertz CT molecular complexity index is 1050. The second-order valence-electron chi connectivity index (χ2n) is 6.02. The minimum absolute atomic E-state index is 0.137. The van der Waals surface area contributed by atoms with Crippen LogP contribution in [0.1, 0.15) is 10.7 Å². The zero-order chi connectivity index (χ0) is 20.1. The molecule has 28 heavy (non-hydrogen) atoms. The molecule has 0 bridgehead atoms. The number of thiazole rings is 1. The Hall–Kier alpha value is -2.71. The van der Waals surface area contributed by atoms with E-state index in [1.165, 1.54) is 22.1 Å². The van der Waals surface area contributed by atoms with Gasteiger partial charge in [-0.3, -0.25) is 9.59 Å². The highest BCUT2D eigenvalue weighted by atomic mass is 35.5. The molecule has 7 nitrogen and oxygen atoms in total. The third-order valence-electron chi connectivity index (χ3n) is 3.81. The van der Waals surface area contributed by atoms with E-state index in [9.17, 15) is 9.59 Å². The molecule has 0 saturated carbocycles. The van der Waals surface area contributed by atoms with Crippen LogP contribution in [-0.4, -0.2) is 33.8 Å². The molecule has 0 aliphatic heterocycles. The quantitative estimate of drug-likeness (QED) is 0.637. The van der Waals surface area contributed by atoms with Gasteiger partial charge in [0.2, 0.25) is 0 Å². The SMILES string of the molecule is Cc1nc(C)c(-c2ccc(=O)n(CCNC(=O)COc3cccc(Cl)c3)n2)s1. The topological polar surface area (TPSA) is 86.1 Å². The Morgan fingerprint density at radius 2 is 2.11 bits per heavy atom. The van der Waals surface area contributed by atoms with E-state index in [0.717, 1.165) is 15.6 Å². The molecular formula is C19H19ClN4O3S. The van der Waals surface area contributed by atoms with Crippen molar-refractivity contribution in [3.05, 3.63) is 62.5 Å². The molecule has 0 fully saturated rings. The lowest BCUT2D eigenvalue weighted by molar-refractivity contribution is -0.123. The molecule has 0 atom stereocenters. The Kier molecular flexibility index (Phi) is 6.43. The zero-order valence-electron chi connectivity index (χ0n) is 15.4. The van der Waals surface area contributed by atoms with Crippen molar-refractivity contribution in [1.29, 1.82) is 0 Å². The Morgan fingerprint density at radius 1 is 1.29 bits per heavy atom. The summed E-state index contributed by atoms with van der Waals surface area (Å²) in [4.78, 5) is 29.3. The smallest absolute Gasteiger partial charge is 0.266 e. The molecule has 146 valence electrons. The maximum atomic E-state index is 12.0. The summed E-state index contributed by atoms with van der Waals surface area (Å²) in [7, 11) is 0. The Labute approximate surface area is 171 Å². The number of carbonyl (C=O) groups excluding carboxylic acids is 1. The van der Waals surface area contributed by atoms with Gasteiger partial charge in [0.15, 0.2) is 6.61 Å². The molecule has 1 amide bonds. The van der Waals surface area contributed by atoms with Crippen molar-refractivity contribution < 1.29 is 9.53 Å². The fourth-order valence-corrected chi connectivity index (χ4v) is 3.62. The summed E-state index contributed by atoms with van der Waals surface area (Å²) < 4.78 is 6.72. The fourth-order valence-electron chi connectivity index (χ4n) is 2.56. The maximum Gasteiger partial charge on any atom is 0.266 e. The Morgan fingerprint density at radius 3 is 2.82 bits per heavy atom. The van der Waals surface area contributed by atoms with Crippen LogP contribution >= 0.6 is 22.9 Å². The zero-order valence-corrected chi connectivity index (χ0v) is 17.0. The number of ether oxygens (including phenoxy) is 1. The fraction of sp³-hybridized carbons (Fsp3) is 0.263. The molecule has 1 aromatic carbocycles. The highest BCUT2D eigenvalue weighted by Gasteiger charge is 2.11. The van der Waals surface area contributed by atoms with Gasteiger partial charge in [0.05, 0.1) is 22.1 Å². The number of aryl methyl sites for hydroxylation is 2. The number of amides is 1. The average Bonchev–Trinajstić information content (AvgIpc) is 3.00. The van der Waals surface area contributed by atoms with E-state index in [-0.39, 0.29) is 31.2 Å². The standard InChI is InChI=1S/C19H19ClN4O3S/c1-12-19(28-13(2)22-12)16-6-7-18(26)24(23-16)9-8-21-17(25)11-27-15-5-3-4-14(20)10-15/h3-7,10H,8-9,11H2,1-2H3,(H,21,25). The molecule has 0 spiro atoms. The third-order valence-corrected chi connectivity index (χ3v) is 5.15. The number of aromatic nitrogens is 3. The summed E-state index contributed by atoms with van der Waals surface area (Å²) >= 11 is 7.40. The van der Waals surface area contributed by atoms with Crippen molar-refractivity contribution >= 4 is 28.8 Å². The van der Waals surface area contributed by atoms with Crippen molar-refractivity contribution in [1.82, 2.24) is 20.1 Å². The number of benzene rings is 1. The van der Waals surface area contributed by atoms with Crippen LogP contribution in [0.15, 0.2) is 41.2 Å². The van der Waals surface area contributed by atoms with Crippen molar-refractivity contribution in [3.8, 4) is 16.3 Å². The molecule has 2 aromatic heterocycles. The summed E-state index contributed by atoms with van der Waals surface area (Å²) in [5.41, 5.74) is 1.34. The summed E-state index contributed by atoms with van der Waals surface area (Å²) in [5, 5.41) is 8.59. The van der Waals surface area contributed by atoms with Crippen LogP contribution in [0.25, 0.3) is 10.6 Å². The summed E-state index contributed by atoms with van der Waals surface area (Å²) in [6.45, 7) is 4.22. The van der Waals surface area contributed by atoms with Crippen LogP contribution < -0.4 is 15.6 Å². The normalized spacial score (nSPS) is 10.7. The largest absolute Gasteiger partial charge is 0.484 e. The second-order valence-corrected chi connectivity index (χ2v) is 7.66. The minimum atomic E-state index is -0.293. The summed E-state index contributed by atoms with van der Waals surface area (Å²) in [6.07, 6.45) is 0. The van der Waals surface area contributed by atoms with Crippen LogP contribution in [0.2, 0.25) is 5.02 Å². The number of nitrogens with one attached hydrogen (secondary N) is 1. The first-order valence-corrected chi connectivity index (χ1v) is 9.79. The molecule has 0 unspecified atom stereocenters. The van der Waals surface area contributed by atoms with Gasteiger partial charge in [-0.05, 0) is 38.1 Å². The molecule has 0 saturated heterocycles. The molecule has 1 N–H and O–H groups in total. The van der Waals surface area contributed by atoms with E-state index in [0.29, 0.717) is 16.5 Å². The van der Waals surface area contributed by atoms with Crippen molar-refractivity contribution in [2.75, 3.05) is 13.2 Å². The van der Waals surface area contributed by atoms with Crippen molar-refractivity contribution in [2.45, 2.75) is 20.4 Å². The number of rotatable bonds is 7. The molecular weight excluding hydrogens is 400 g/mol. The lowest BCUT2D eigenvalue weighted by Crippen LogP contribution is -2.34. The highest BCUT2D eigenvalue weighted by Crippen LogP contribution is 2.27. The number of carbonyl (C=O) groups is 1. The van der Waals surface area contributed by atoms with Gasteiger partial charge < -0.3 is 10.1 Å². The molecule has 0 aliphatic rings. The monoisotopic (exact) mass is 418 g/mol. The summed E-state index contributed by atoms with van der Waals surface area (Å²) in [5.74, 6) is 0.224. The maximum absolute atomic E-state index is 12.0. The minimum Gasteiger partial charge on any atom is -0.484 e. The number of hydrogen-bond donors (Lipinski definition) is 1. The van der Waals surface area contributed by atoms with Crippen molar-refractivity contribution in [2.24, 2.45) is 0 Å². The average molecular weight is 419 g/mol. The van der Waals surface area contributed by atoms with Crippen LogP contribution in [0.3, 0.4) is 0 Å². The predicted molar refractivity (Wildman–Crippen MR) is 109 cm³/mol. The van der Waals surface area contributed by atoms with Gasteiger partial charge in [0.1, 0.15) is 11.4 Å². The highest BCUT2D eigenvalue weighted by molar-refractivity contribution is 7.15. The molecule has 3 aromatic rings. The summed E-state index contributed by atoms with van der Waals surface area (Å²) in [6, 6.07) is 9.98. The first-order valence-electron chi connectivity index (χ1n) is 8.60. The van der Waals surface area contributed by atoms with E-state index in [4.69, 9.17) is 16.3 Å². The molecule has 9 heteroatoms. The molecule has 2 heterocycles. The Balaban J connectivity index is 1.55. The van der Waals surface area contributed by atoms with Gasteiger partial charge in [0, 0.05) is 17.6 Å². The van der Waals surface area contributed by atoms with Crippen LogP contribution in [0.4, 0.5) is 0 Å². The van der Waals surface area contributed by atoms with Gasteiger partial charge in [-0.15, -0.1) is 11.3 Å². The molecule has 0 aliphatic carbocycles. The molecule has 0 radical (unpaired) electrons. The van der Waals surface area contributed by atoms with Crippen LogP contribution in [0, 0.1) is 13.8 Å². The lowest BCUT2D eigenvalue weighted by atomic mass is 10.3. The van der Waals surface area contributed by atoms with Gasteiger partial charge >= 0.3 is 0 Å².